The van der Waals surface area contributed by atoms with Gasteiger partial charge < -0.3 is 4.90 Å². The lowest BCUT2D eigenvalue weighted by Crippen LogP contribution is -2.38. The molecule has 3 unspecified atom stereocenters. The fourth-order valence-electron chi connectivity index (χ4n) is 2.79. The van der Waals surface area contributed by atoms with Crippen LogP contribution < -0.4 is 5.32 Å². The molecule has 114 valence electrons. The van der Waals surface area contributed by atoms with Crippen LogP contribution in [-0.4, -0.2) is 38.6 Å². The van der Waals surface area contributed by atoms with Crippen molar-refractivity contribution in [2.45, 2.75) is 36.7 Å². The van der Waals surface area contributed by atoms with Crippen molar-refractivity contribution in [3.8, 4) is 0 Å². The van der Waals surface area contributed by atoms with Gasteiger partial charge in [-0.3, -0.25) is 14.3 Å². The van der Waals surface area contributed by atoms with Crippen LogP contribution in [0.15, 0.2) is 24.3 Å². The highest BCUT2D eigenvalue weighted by Gasteiger charge is 2.59. The first-order valence-corrected chi connectivity index (χ1v) is 8.72. The van der Waals surface area contributed by atoms with Gasteiger partial charge in [-0.05, 0) is 25.8 Å². The third-order valence-corrected chi connectivity index (χ3v) is 5.65. The van der Waals surface area contributed by atoms with Gasteiger partial charge in [0.2, 0.25) is 5.91 Å². The molecule has 0 bridgehead atoms. The van der Waals surface area contributed by atoms with Crippen LogP contribution in [0.3, 0.4) is 0 Å². The number of nitrogens with zero attached hydrogens (tertiary/aromatic N) is 1. The summed E-state index contributed by atoms with van der Waals surface area (Å²) in [5.74, 6) is -0.316. The second-order valence-electron chi connectivity index (χ2n) is 5.92. The zero-order chi connectivity index (χ0) is 15.2. The maximum Gasteiger partial charge on any atom is 0.244 e. The molecule has 4 nitrogen and oxygen atoms in total. The molecule has 1 amide bonds. The van der Waals surface area contributed by atoms with Crippen molar-refractivity contribution in [2.75, 3.05) is 12.8 Å². The second-order valence-corrected chi connectivity index (χ2v) is 7.72. The summed E-state index contributed by atoms with van der Waals surface area (Å²) in [5.41, 5.74) is -0.0363. The van der Waals surface area contributed by atoms with Gasteiger partial charge in [0.25, 0.3) is 0 Å². The molecule has 0 aromatic heterocycles. The van der Waals surface area contributed by atoms with Gasteiger partial charge in [-0.2, -0.15) is 0 Å². The summed E-state index contributed by atoms with van der Waals surface area (Å²) in [4.78, 5) is 14.2. The fourth-order valence-corrected chi connectivity index (χ4v) is 3.16. The smallest absolute Gasteiger partial charge is 0.244 e. The number of carbonyl (C=O) groups is 1. The van der Waals surface area contributed by atoms with Crippen LogP contribution in [0.5, 0.6) is 0 Å². The zero-order valence-electron chi connectivity index (χ0n) is 12.1. The number of halogens is 1. The van der Waals surface area contributed by atoms with Gasteiger partial charge in [-0.1, -0.05) is 18.2 Å². The van der Waals surface area contributed by atoms with Gasteiger partial charge in [-0.25, -0.2) is 4.39 Å². The van der Waals surface area contributed by atoms with Gasteiger partial charge in [0.05, 0.1) is 0 Å². The lowest BCUT2D eigenvalue weighted by molar-refractivity contribution is -0.130. The Morgan fingerprint density at radius 2 is 2.14 bits per heavy atom. The molecule has 6 heteroatoms. The first kappa shape index (κ1) is 14.7. The maximum absolute atomic E-state index is 14.1. The lowest BCUT2D eigenvalue weighted by Gasteiger charge is -2.27. The van der Waals surface area contributed by atoms with E-state index in [1.807, 2.05) is 6.92 Å². The third kappa shape index (κ3) is 2.51. The SMILES string of the molecule is CC(CN1C(=O)C2(CC2)NC1c1ccccc1F)S(C)=O. The molecule has 0 radical (unpaired) electrons. The predicted molar refractivity (Wildman–Crippen MR) is 79.5 cm³/mol. The highest BCUT2D eigenvalue weighted by atomic mass is 32.2. The first-order valence-electron chi connectivity index (χ1n) is 7.10. The van der Waals surface area contributed by atoms with E-state index >= 15 is 0 Å². The van der Waals surface area contributed by atoms with E-state index in [9.17, 15) is 13.4 Å². The molecule has 2 aliphatic rings. The summed E-state index contributed by atoms with van der Waals surface area (Å²) < 4.78 is 25.7. The minimum atomic E-state index is -1.02. The average Bonchev–Trinajstić information content (AvgIpc) is 3.18. The number of hydrogen-bond acceptors (Lipinski definition) is 3. The van der Waals surface area contributed by atoms with Crippen LogP contribution in [-0.2, 0) is 15.6 Å². The summed E-state index contributed by atoms with van der Waals surface area (Å²) in [6, 6.07) is 6.50. The third-order valence-electron chi connectivity index (χ3n) is 4.37. The van der Waals surface area contributed by atoms with Gasteiger partial charge in [0.15, 0.2) is 0 Å². The zero-order valence-corrected chi connectivity index (χ0v) is 13.0. The van der Waals surface area contributed by atoms with Crippen molar-refractivity contribution < 1.29 is 13.4 Å². The summed E-state index contributed by atoms with van der Waals surface area (Å²) in [7, 11) is -1.02. The molecule has 21 heavy (non-hydrogen) atoms. The molecule has 3 rings (SSSR count). The van der Waals surface area contributed by atoms with E-state index < -0.39 is 22.5 Å². The Morgan fingerprint density at radius 1 is 1.48 bits per heavy atom. The molecule has 1 heterocycles. The number of benzene rings is 1. The summed E-state index contributed by atoms with van der Waals surface area (Å²) in [6.07, 6.45) is 2.74. The number of hydrogen-bond donors (Lipinski definition) is 1. The minimum absolute atomic E-state index is 0.00746. The van der Waals surface area contributed by atoms with E-state index in [4.69, 9.17) is 0 Å². The van der Waals surface area contributed by atoms with Crippen molar-refractivity contribution in [3.63, 3.8) is 0 Å². The largest absolute Gasteiger partial charge is 0.320 e. The predicted octanol–water partition coefficient (Wildman–Crippen LogP) is 1.56. The number of rotatable bonds is 4. The Labute approximate surface area is 126 Å². The molecule has 2 fully saturated rings. The molecule has 1 N–H and O–H groups in total. The van der Waals surface area contributed by atoms with Crippen LogP contribution in [0.25, 0.3) is 0 Å². The Bertz CT molecular complexity index is 603. The standard InChI is InChI=1S/C15H19FN2O2S/c1-10(21(2)20)9-18-13(11-5-3-4-6-12(11)16)17-15(7-8-15)14(18)19/h3-6,10,13,17H,7-9H2,1-2H3. The van der Waals surface area contributed by atoms with Crippen molar-refractivity contribution in [1.82, 2.24) is 10.2 Å². The maximum atomic E-state index is 14.1. The van der Waals surface area contributed by atoms with Gasteiger partial charge in [0.1, 0.15) is 17.5 Å². The Morgan fingerprint density at radius 3 is 2.71 bits per heavy atom. The molecule has 1 saturated heterocycles. The molecule has 1 aromatic rings. The summed E-state index contributed by atoms with van der Waals surface area (Å²) >= 11 is 0. The normalized spacial score (nSPS) is 26.1. The molecule has 1 aliphatic heterocycles. The van der Waals surface area contributed by atoms with E-state index in [0.717, 1.165) is 12.8 Å². The first-order chi connectivity index (χ1) is 9.94. The summed E-state index contributed by atoms with van der Waals surface area (Å²) in [6.45, 7) is 2.22. The molecular weight excluding hydrogens is 291 g/mol. The monoisotopic (exact) mass is 310 g/mol. The van der Waals surface area contributed by atoms with E-state index in [0.29, 0.717) is 12.1 Å². The van der Waals surface area contributed by atoms with Crippen molar-refractivity contribution in [1.29, 1.82) is 0 Å². The van der Waals surface area contributed by atoms with Gasteiger partial charge in [0, 0.05) is 34.4 Å². The van der Waals surface area contributed by atoms with Crippen LogP contribution in [0, 0.1) is 5.82 Å². The quantitative estimate of drug-likeness (QED) is 0.918. The van der Waals surface area contributed by atoms with E-state index in [-0.39, 0.29) is 17.0 Å². The second kappa shape index (κ2) is 5.18. The fraction of sp³-hybridized carbons (Fsp3) is 0.533. The molecule has 3 atom stereocenters. The van der Waals surface area contributed by atoms with Crippen LogP contribution in [0.1, 0.15) is 31.5 Å². The van der Waals surface area contributed by atoms with Crippen LogP contribution >= 0.6 is 0 Å². The van der Waals surface area contributed by atoms with Crippen LogP contribution in [0.4, 0.5) is 4.39 Å². The van der Waals surface area contributed by atoms with Crippen molar-refractivity contribution >= 4 is 16.7 Å². The Balaban J connectivity index is 1.92. The van der Waals surface area contributed by atoms with Gasteiger partial charge >= 0.3 is 0 Å². The molecule has 1 aliphatic carbocycles. The van der Waals surface area contributed by atoms with Crippen molar-refractivity contribution in [3.05, 3.63) is 35.6 Å². The number of amides is 1. The Hall–Kier alpha value is -1.27. The highest BCUT2D eigenvalue weighted by molar-refractivity contribution is 7.84. The van der Waals surface area contributed by atoms with Gasteiger partial charge in [-0.15, -0.1) is 0 Å². The Kier molecular flexibility index (Phi) is 3.61. The molecule has 1 saturated carbocycles. The molecular formula is C15H19FN2O2S. The number of carbonyl (C=O) groups excluding carboxylic acids is 1. The van der Waals surface area contributed by atoms with E-state index in [2.05, 4.69) is 5.32 Å². The van der Waals surface area contributed by atoms with Crippen molar-refractivity contribution in [2.24, 2.45) is 0 Å². The number of nitrogens with one attached hydrogen (secondary N) is 1. The average molecular weight is 310 g/mol. The molecule has 1 spiro atoms. The van der Waals surface area contributed by atoms with E-state index in [1.165, 1.54) is 6.07 Å². The topological polar surface area (TPSA) is 49.4 Å². The lowest BCUT2D eigenvalue weighted by atomic mass is 10.1. The molecule has 1 aromatic carbocycles. The highest BCUT2D eigenvalue weighted by Crippen LogP contribution is 2.46. The van der Waals surface area contributed by atoms with Crippen LogP contribution in [0.2, 0.25) is 0 Å². The van der Waals surface area contributed by atoms with E-state index in [1.54, 1.807) is 29.4 Å². The minimum Gasteiger partial charge on any atom is -0.320 e. The summed E-state index contributed by atoms with van der Waals surface area (Å²) in [5, 5.41) is 3.14.